The van der Waals surface area contributed by atoms with Gasteiger partial charge < -0.3 is 25.0 Å². The van der Waals surface area contributed by atoms with Gasteiger partial charge in [0.15, 0.2) is 0 Å². The Morgan fingerprint density at radius 3 is 2.71 bits per heavy atom. The van der Waals surface area contributed by atoms with Crippen LogP contribution < -0.4 is 15.4 Å². The average Bonchev–Trinajstić information content (AvgIpc) is 3.59. The van der Waals surface area contributed by atoms with Crippen molar-refractivity contribution in [1.82, 2.24) is 10.2 Å². The first-order chi connectivity index (χ1) is 19.7. The lowest BCUT2D eigenvalue weighted by atomic mass is 9.73. The van der Waals surface area contributed by atoms with E-state index in [1.807, 2.05) is 36.4 Å². The van der Waals surface area contributed by atoms with E-state index in [9.17, 15) is 14.4 Å². The van der Waals surface area contributed by atoms with Gasteiger partial charge in [0.1, 0.15) is 17.4 Å². The number of carbonyl (C=O) groups is 3. The summed E-state index contributed by atoms with van der Waals surface area (Å²) in [5.74, 6) is -1.07. The minimum absolute atomic E-state index is 0.00872. The fourth-order valence-electron chi connectivity index (χ4n) is 7.29. The minimum atomic E-state index is -1.24. The van der Waals surface area contributed by atoms with Gasteiger partial charge >= 0.3 is 0 Å². The van der Waals surface area contributed by atoms with E-state index in [4.69, 9.17) is 21.1 Å². The predicted molar refractivity (Wildman–Crippen MR) is 155 cm³/mol. The van der Waals surface area contributed by atoms with Crippen LogP contribution >= 0.6 is 11.6 Å². The molecule has 216 valence electrons. The number of nitrogens with zero attached hydrogens (tertiary/aromatic N) is 1. The standard InChI is InChI=1S/C32H36ClN3O5/c1-18-8-6-12-23(19(18)2)35-30(38)28-32-15-14-25(41-32)26(29(37)34-22-11-7-10-21(33)16-22)27(32)31(39)36(28)17-20-9-4-5-13-24(20)40-3/h4-5,7,9-11,13-16,18-19,23,25-28H,6,8,12,17H2,1-3H3,(H,34,37)(H,35,38). The van der Waals surface area contributed by atoms with Crippen molar-refractivity contribution in [2.45, 2.75) is 63.4 Å². The number of ether oxygens (including phenoxy) is 2. The molecule has 3 heterocycles. The van der Waals surface area contributed by atoms with Crippen LogP contribution in [0.1, 0.15) is 38.7 Å². The third kappa shape index (κ3) is 4.71. The van der Waals surface area contributed by atoms with Gasteiger partial charge in [-0.3, -0.25) is 14.4 Å². The van der Waals surface area contributed by atoms with E-state index < -0.39 is 29.6 Å². The summed E-state index contributed by atoms with van der Waals surface area (Å²) in [5.41, 5.74) is 0.0678. The molecule has 8 nitrogen and oxygen atoms in total. The van der Waals surface area contributed by atoms with Crippen molar-refractivity contribution in [1.29, 1.82) is 0 Å². The van der Waals surface area contributed by atoms with Crippen LogP contribution in [0, 0.1) is 23.7 Å². The quantitative estimate of drug-likeness (QED) is 0.470. The predicted octanol–water partition coefficient (Wildman–Crippen LogP) is 4.58. The molecule has 2 aromatic carbocycles. The second-order valence-electron chi connectivity index (χ2n) is 11.9. The number of hydrogen-bond donors (Lipinski definition) is 2. The lowest BCUT2D eigenvalue weighted by molar-refractivity contribution is -0.142. The molecule has 3 fully saturated rings. The number of para-hydroxylation sites is 1. The number of hydrogen-bond acceptors (Lipinski definition) is 5. The Hall–Kier alpha value is -3.36. The molecule has 2 N–H and O–H groups in total. The lowest BCUT2D eigenvalue weighted by Crippen LogP contribution is -2.57. The molecule has 0 aromatic heterocycles. The first kappa shape index (κ1) is 27.8. The number of fused-ring (bicyclic) bond motifs is 1. The van der Waals surface area contributed by atoms with Crippen LogP contribution in [0.4, 0.5) is 5.69 Å². The number of methoxy groups -OCH3 is 1. The van der Waals surface area contributed by atoms with Crippen LogP contribution in [0.15, 0.2) is 60.7 Å². The fourth-order valence-corrected chi connectivity index (χ4v) is 7.48. The Kier molecular flexibility index (Phi) is 7.32. The molecular formula is C32H36ClN3O5. The van der Waals surface area contributed by atoms with Crippen LogP contribution in [0.3, 0.4) is 0 Å². The summed E-state index contributed by atoms with van der Waals surface area (Å²) in [7, 11) is 1.58. The first-order valence-corrected chi connectivity index (χ1v) is 14.8. The van der Waals surface area contributed by atoms with Crippen LogP contribution in [-0.4, -0.2) is 53.5 Å². The molecular weight excluding hydrogens is 542 g/mol. The number of amides is 3. The zero-order valence-corrected chi connectivity index (χ0v) is 24.3. The van der Waals surface area contributed by atoms with Gasteiger partial charge in [0, 0.05) is 22.3 Å². The van der Waals surface area contributed by atoms with Crippen molar-refractivity contribution >= 4 is 35.0 Å². The number of anilines is 1. The molecule has 4 aliphatic rings. The lowest BCUT2D eigenvalue weighted by Gasteiger charge is -2.38. The Morgan fingerprint density at radius 1 is 1.12 bits per heavy atom. The molecule has 3 aliphatic heterocycles. The zero-order valence-electron chi connectivity index (χ0n) is 23.5. The maximum absolute atomic E-state index is 14.3. The molecule has 2 saturated heterocycles. The van der Waals surface area contributed by atoms with E-state index in [0.29, 0.717) is 28.3 Å². The highest BCUT2D eigenvalue weighted by molar-refractivity contribution is 6.30. The molecule has 41 heavy (non-hydrogen) atoms. The van der Waals surface area contributed by atoms with Crippen LogP contribution in [0.5, 0.6) is 5.75 Å². The molecule has 8 atom stereocenters. The van der Waals surface area contributed by atoms with Gasteiger partial charge in [-0.25, -0.2) is 0 Å². The molecule has 2 bridgehead atoms. The van der Waals surface area contributed by atoms with E-state index in [2.05, 4.69) is 24.5 Å². The summed E-state index contributed by atoms with van der Waals surface area (Å²) in [6.07, 6.45) is 6.12. The van der Waals surface area contributed by atoms with Gasteiger partial charge in [-0.05, 0) is 42.5 Å². The van der Waals surface area contributed by atoms with Crippen molar-refractivity contribution in [2.24, 2.45) is 23.7 Å². The molecule has 1 aliphatic carbocycles. The highest BCUT2D eigenvalue weighted by Crippen LogP contribution is 2.55. The van der Waals surface area contributed by atoms with Crippen LogP contribution in [-0.2, 0) is 25.7 Å². The van der Waals surface area contributed by atoms with Gasteiger partial charge in [-0.2, -0.15) is 0 Å². The van der Waals surface area contributed by atoms with Crippen molar-refractivity contribution < 1.29 is 23.9 Å². The number of halogens is 1. The largest absolute Gasteiger partial charge is 0.496 e. The van der Waals surface area contributed by atoms with Crippen LogP contribution in [0.25, 0.3) is 0 Å². The summed E-state index contributed by atoms with van der Waals surface area (Å²) in [6, 6.07) is 13.4. The second kappa shape index (κ2) is 10.8. The summed E-state index contributed by atoms with van der Waals surface area (Å²) < 4.78 is 12.1. The van der Waals surface area contributed by atoms with E-state index in [-0.39, 0.29) is 30.3 Å². The maximum atomic E-state index is 14.3. The van der Waals surface area contributed by atoms with Gasteiger partial charge in [0.25, 0.3) is 0 Å². The van der Waals surface area contributed by atoms with Crippen molar-refractivity contribution in [2.75, 3.05) is 12.4 Å². The summed E-state index contributed by atoms with van der Waals surface area (Å²) in [4.78, 5) is 43.8. The first-order valence-electron chi connectivity index (χ1n) is 14.4. The summed E-state index contributed by atoms with van der Waals surface area (Å²) in [6.45, 7) is 4.55. The molecule has 2 aromatic rings. The Bertz CT molecular complexity index is 1400. The summed E-state index contributed by atoms with van der Waals surface area (Å²) in [5, 5.41) is 6.70. The van der Waals surface area contributed by atoms with E-state index >= 15 is 0 Å². The smallest absolute Gasteiger partial charge is 0.246 e. The topological polar surface area (TPSA) is 97.0 Å². The van der Waals surface area contributed by atoms with Gasteiger partial charge in [0.2, 0.25) is 17.7 Å². The van der Waals surface area contributed by atoms with Crippen molar-refractivity contribution in [3.8, 4) is 5.75 Å². The normalized spacial score (nSPS) is 33.5. The second-order valence-corrected chi connectivity index (χ2v) is 12.3. The van der Waals surface area contributed by atoms with E-state index in [0.717, 1.165) is 24.8 Å². The van der Waals surface area contributed by atoms with Crippen molar-refractivity contribution in [3.05, 3.63) is 71.3 Å². The minimum Gasteiger partial charge on any atom is -0.496 e. The van der Waals surface area contributed by atoms with Gasteiger partial charge in [-0.1, -0.05) is 74.7 Å². The number of benzene rings is 2. The average molecular weight is 578 g/mol. The SMILES string of the molecule is COc1ccccc1CN1C(=O)C2C(C(=O)Nc3cccc(Cl)c3)C3C=CC2(O3)C1C(=O)NC1CCCC(C)C1C. The zero-order chi connectivity index (χ0) is 28.9. The maximum Gasteiger partial charge on any atom is 0.246 e. The number of carbonyl (C=O) groups excluding carboxylic acids is 3. The third-order valence-corrected chi connectivity index (χ3v) is 9.82. The van der Waals surface area contributed by atoms with Crippen molar-refractivity contribution in [3.63, 3.8) is 0 Å². The Labute approximate surface area is 245 Å². The van der Waals surface area contributed by atoms with Gasteiger partial charge in [-0.15, -0.1) is 0 Å². The molecule has 1 spiro atoms. The highest BCUT2D eigenvalue weighted by atomic mass is 35.5. The third-order valence-electron chi connectivity index (χ3n) is 9.58. The molecule has 3 amide bonds. The number of likely N-dealkylation sites (tertiary alicyclic amines) is 1. The Balaban J connectivity index is 1.35. The molecule has 8 unspecified atom stereocenters. The molecule has 6 rings (SSSR count). The number of rotatable bonds is 7. The Morgan fingerprint density at radius 2 is 1.93 bits per heavy atom. The highest BCUT2D eigenvalue weighted by Gasteiger charge is 2.72. The van der Waals surface area contributed by atoms with Crippen LogP contribution in [0.2, 0.25) is 5.02 Å². The molecule has 9 heteroatoms. The van der Waals surface area contributed by atoms with E-state index in [1.54, 1.807) is 36.3 Å². The monoisotopic (exact) mass is 577 g/mol. The van der Waals surface area contributed by atoms with Gasteiger partial charge in [0.05, 0.1) is 31.6 Å². The number of nitrogens with one attached hydrogen (secondary N) is 2. The molecule has 0 radical (unpaired) electrons. The molecule has 1 saturated carbocycles. The summed E-state index contributed by atoms with van der Waals surface area (Å²) >= 11 is 6.13. The fraction of sp³-hybridized carbons (Fsp3) is 0.469. The van der Waals surface area contributed by atoms with E-state index in [1.165, 1.54) is 0 Å².